The minimum atomic E-state index is -0.476. The first-order chi connectivity index (χ1) is 13.3. The third-order valence-corrected chi connectivity index (χ3v) is 4.77. The summed E-state index contributed by atoms with van der Waals surface area (Å²) >= 11 is 0. The van der Waals surface area contributed by atoms with E-state index in [0.717, 1.165) is 11.3 Å². The van der Waals surface area contributed by atoms with Crippen molar-refractivity contribution in [1.82, 2.24) is 15.1 Å². The number of hydrogen-bond donors (Lipinski definition) is 1. The van der Waals surface area contributed by atoms with Gasteiger partial charge >= 0.3 is 11.8 Å². The highest BCUT2D eigenvalue weighted by Crippen LogP contribution is 2.14. The molecular formula is C21H25N3O4. The van der Waals surface area contributed by atoms with E-state index < -0.39 is 11.8 Å². The fourth-order valence-corrected chi connectivity index (χ4v) is 3.16. The summed E-state index contributed by atoms with van der Waals surface area (Å²) in [5.74, 6) is 0.375. The smallest absolute Gasteiger partial charge is 0.312 e. The number of hydrogen-bond acceptors (Lipinski definition) is 4. The zero-order chi connectivity index (χ0) is 20.3. The first-order valence-electron chi connectivity index (χ1n) is 9.37. The van der Waals surface area contributed by atoms with Crippen LogP contribution < -0.4 is 5.32 Å². The number of benzene rings is 1. The SMILES string of the molecule is Cc1ccc(CNC(=O)c2ccc(CN3CCN(C(C)C)C(=O)C3=O)cc2)o1. The molecule has 1 N–H and O–H groups in total. The molecule has 1 saturated heterocycles. The zero-order valence-corrected chi connectivity index (χ0v) is 16.4. The van der Waals surface area contributed by atoms with Crippen molar-refractivity contribution in [3.05, 3.63) is 59.0 Å². The van der Waals surface area contributed by atoms with Crippen LogP contribution in [0.5, 0.6) is 0 Å². The second kappa shape index (κ2) is 8.29. The van der Waals surface area contributed by atoms with Crippen LogP contribution in [0.2, 0.25) is 0 Å². The summed E-state index contributed by atoms with van der Waals surface area (Å²) in [4.78, 5) is 39.9. The van der Waals surface area contributed by atoms with E-state index in [0.29, 0.717) is 37.5 Å². The number of nitrogens with one attached hydrogen (secondary N) is 1. The van der Waals surface area contributed by atoms with E-state index in [9.17, 15) is 14.4 Å². The highest BCUT2D eigenvalue weighted by molar-refractivity contribution is 6.35. The second-order valence-corrected chi connectivity index (χ2v) is 7.21. The Hall–Kier alpha value is -3.09. The van der Waals surface area contributed by atoms with Crippen molar-refractivity contribution < 1.29 is 18.8 Å². The molecular weight excluding hydrogens is 358 g/mol. The van der Waals surface area contributed by atoms with Crippen LogP contribution in [0.25, 0.3) is 0 Å². The lowest BCUT2D eigenvalue weighted by atomic mass is 10.1. The standard InChI is InChI=1S/C21H25N3O4/c1-14(2)24-11-10-23(20(26)21(24)27)13-16-5-7-17(8-6-16)19(25)22-12-18-9-4-15(3)28-18/h4-9,14H,10-13H2,1-3H3,(H,22,25). The molecule has 2 heterocycles. The van der Waals surface area contributed by atoms with Crippen LogP contribution in [0.4, 0.5) is 0 Å². The summed E-state index contributed by atoms with van der Waals surface area (Å²) in [6.45, 7) is 7.37. The monoisotopic (exact) mass is 383 g/mol. The maximum absolute atomic E-state index is 12.3. The second-order valence-electron chi connectivity index (χ2n) is 7.21. The highest BCUT2D eigenvalue weighted by atomic mass is 16.3. The fraction of sp³-hybridized carbons (Fsp3) is 0.381. The first kappa shape index (κ1) is 19.7. The first-order valence-corrected chi connectivity index (χ1v) is 9.37. The topological polar surface area (TPSA) is 82.9 Å². The predicted octanol–water partition coefficient (Wildman–Crippen LogP) is 2.10. The molecule has 3 rings (SSSR count). The summed E-state index contributed by atoms with van der Waals surface area (Å²) in [7, 11) is 0. The van der Waals surface area contributed by atoms with Crippen LogP contribution in [0, 0.1) is 6.92 Å². The number of furan rings is 1. The van der Waals surface area contributed by atoms with Gasteiger partial charge in [-0.25, -0.2) is 0 Å². The lowest BCUT2D eigenvalue weighted by Crippen LogP contribution is -2.55. The molecule has 0 radical (unpaired) electrons. The lowest BCUT2D eigenvalue weighted by Gasteiger charge is -2.36. The summed E-state index contributed by atoms with van der Waals surface area (Å²) in [6, 6.07) is 10.7. The van der Waals surface area contributed by atoms with E-state index in [4.69, 9.17) is 4.42 Å². The predicted molar refractivity (Wildman–Crippen MR) is 103 cm³/mol. The molecule has 0 unspecified atom stereocenters. The Morgan fingerprint density at radius 3 is 2.39 bits per heavy atom. The molecule has 0 spiro atoms. The van der Waals surface area contributed by atoms with Gasteiger partial charge in [0.05, 0.1) is 6.54 Å². The van der Waals surface area contributed by atoms with Gasteiger partial charge in [0, 0.05) is 31.2 Å². The number of carbonyl (C=O) groups is 3. The van der Waals surface area contributed by atoms with Crippen molar-refractivity contribution in [2.24, 2.45) is 0 Å². The Labute approximate surface area is 164 Å². The van der Waals surface area contributed by atoms with E-state index in [1.807, 2.05) is 32.9 Å². The minimum absolute atomic E-state index is 0.0153. The van der Waals surface area contributed by atoms with Crippen LogP contribution in [0.1, 0.15) is 41.3 Å². The molecule has 2 aromatic rings. The van der Waals surface area contributed by atoms with E-state index in [2.05, 4.69) is 5.32 Å². The van der Waals surface area contributed by atoms with Crippen molar-refractivity contribution in [3.8, 4) is 0 Å². The van der Waals surface area contributed by atoms with Gasteiger partial charge in [-0.2, -0.15) is 0 Å². The van der Waals surface area contributed by atoms with Gasteiger partial charge in [-0.05, 0) is 50.6 Å². The van der Waals surface area contributed by atoms with E-state index >= 15 is 0 Å². The third-order valence-electron chi connectivity index (χ3n) is 4.77. The van der Waals surface area contributed by atoms with E-state index in [1.165, 1.54) is 0 Å². The van der Waals surface area contributed by atoms with Gasteiger partial charge < -0.3 is 19.5 Å². The number of nitrogens with zero attached hydrogens (tertiary/aromatic N) is 2. The summed E-state index contributed by atoms with van der Waals surface area (Å²) < 4.78 is 5.43. The van der Waals surface area contributed by atoms with Crippen LogP contribution >= 0.6 is 0 Å². The van der Waals surface area contributed by atoms with Crippen LogP contribution in [-0.2, 0) is 22.7 Å². The molecule has 1 aromatic carbocycles. The number of amides is 3. The van der Waals surface area contributed by atoms with Gasteiger partial charge in [-0.15, -0.1) is 0 Å². The third kappa shape index (κ3) is 4.42. The number of carbonyl (C=O) groups excluding carboxylic acids is 3. The normalized spacial score (nSPS) is 14.7. The Morgan fingerprint density at radius 2 is 1.79 bits per heavy atom. The Balaban J connectivity index is 1.56. The van der Waals surface area contributed by atoms with Crippen LogP contribution in [-0.4, -0.2) is 46.7 Å². The van der Waals surface area contributed by atoms with Crippen molar-refractivity contribution in [2.75, 3.05) is 13.1 Å². The van der Waals surface area contributed by atoms with Crippen LogP contribution in [0.15, 0.2) is 40.8 Å². The molecule has 28 heavy (non-hydrogen) atoms. The molecule has 1 aliphatic heterocycles. The summed E-state index contributed by atoms with van der Waals surface area (Å²) in [5.41, 5.74) is 1.40. The maximum Gasteiger partial charge on any atom is 0.312 e. The molecule has 0 atom stereocenters. The molecule has 7 heteroatoms. The Kier molecular flexibility index (Phi) is 5.82. The zero-order valence-electron chi connectivity index (χ0n) is 16.4. The molecule has 1 aromatic heterocycles. The lowest BCUT2D eigenvalue weighted by molar-refractivity contribution is -0.157. The van der Waals surface area contributed by atoms with Gasteiger partial charge in [0.25, 0.3) is 5.91 Å². The molecule has 1 fully saturated rings. The fourth-order valence-electron chi connectivity index (χ4n) is 3.16. The minimum Gasteiger partial charge on any atom is -0.465 e. The highest BCUT2D eigenvalue weighted by Gasteiger charge is 2.33. The maximum atomic E-state index is 12.3. The summed E-state index contributed by atoms with van der Waals surface area (Å²) in [6.07, 6.45) is 0. The Morgan fingerprint density at radius 1 is 1.07 bits per heavy atom. The average molecular weight is 383 g/mol. The Bertz CT molecular complexity index is 870. The molecule has 7 nitrogen and oxygen atoms in total. The van der Waals surface area contributed by atoms with Crippen molar-refractivity contribution >= 4 is 17.7 Å². The molecule has 0 aliphatic carbocycles. The number of rotatable bonds is 6. The van der Waals surface area contributed by atoms with Crippen LogP contribution in [0.3, 0.4) is 0 Å². The van der Waals surface area contributed by atoms with Gasteiger partial charge in [0.15, 0.2) is 0 Å². The molecule has 3 amide bonds. The summed E-state index contributed by atoms with van der Waals surface area (Å²) in [5, 5.41) is 2.81. The number of aryl methyl sites for hydroxylation is 1. The molecule has 0 bridgehead atoms. The van der Waals surface area contributed by atoms with E-state index in [-0.39, 0.29) is 11.9 Å². The van der Waals surface area contributed by atoms with E-state index in [1.54, 1.807) is 34.1 Å². The quantitative estimate of drug-likeness (QED) is 0.775. The van der Waals surface area contributed by atoms with Crippen molar-refractivity contribution in [2.45, 2.75) is 39.9 Å². The average Bonchev–Trinajstić information content (AvgIpc) is 3.09. The van der Waals surface area contributed by atoms with Gasteiger partial charge in [0.2, 0.25) is 0 Å². The van der Waals surface area contributed by atoms with Gasteiger partial charge in [-0.1, -0.05) is 12.1 Å². The van der Waals surface area contributed by atoms with Gasteiger partial charge in [0.1, 0.15) is 11.5 Å². The molecule has 1 aliphatic rings. The largest absolute Gasteiger partial charge is 0.465 e. The van der Waals surface area contributed by atoms with Gasteiger partial charge in [-0.3, -0.25) is 14.4 Å². The van der Waals surface area contributed by atoms with Crippen molar-refractivity contribution in [1.29, 1.82) is 0 Å². The molecule has 0 saturated carbocycles. The number of piperazine rings is 1. The molecule has 148 valence electrons. The van der Waals surface area contributed by atoms with Crippen molar-refractivity contribution in [3.63, 3.8) is 0 Å².